The van der Waals surface area contributed by atoms with Gasteiger partial charge in [0.15, 0.2) is 0 Å². The number of hydrogen-bond donors (Lipinski definition) is 3. The van der Waals surface area contributed by atoms with Crippen molar-refractivity contribution in [3.63, 3.8) is 0 Å². The average molecular weight is 385 g/mol. The predicted molar refractivity (Wildman–Crippen MR) is 116 cm³/mol. The molecular weight excluding hydrogens is 362 g/mol. The molecule has 0 saturated carbocycles. The van der Waals surface area contributed by atoms with Gasteiger partial charge < -0.3 is 15.6 Å². The molecule has 29 heavy (non-hydrogen) atoms. The van der Waals surface area contributed by atoms with E-state index in [0.717, 1.165) is 40.7 Å². The summed E-state index contributed by atoms with van der Waals surface area (Å²) in [5, 5.41) is 7.13. The first-order chi connectivity index (χ1) is 14.2. The van der Waals surface area contributed by atoms with Crippen molar-refractivity contribution in [2.24, 2.45) is 0 Å². The van der Waals surface area contributed by atoms with E-state index in [0.29, 0.717) is 18.2 Å². The third-order valence-electron chi connectivity index (χ3n) is 4.66. The first kappa shape index (κ1) is 18.7. The molecule has 0 unspecified atom stereocenters. The standard InChI is InChI=1S/C23H23N5O/c1-2-3-12-24-22(29)21-15-17-14-18(9-10-19(17)27-21)26-23-25-13-11-20(28-23)16-7-5-4-6-8-16/h4-11,13-15,27H,2-3,12H2,1H3,(H,24,29)(H,25,26,28). The van der Waals surface area contributed by atoms with Crippen LogP contribution in [0, 0.1) is 0 Å². The van der Waals surface area contributed by atoms with E-state index < -0.39 is 0 Å². The summed E-state index contributed by atoms with van der Waals surface area (Å²) in [6.45, 7) is 2.79. The number of anilines is 2. The summed E-state index contributed by atoms with van der Waals surface area (Å²) in [6.07, 6.45) is 3.77. The molecule has 0 radical (unpaired) electrons. The number of aromatic amines is 1. The highest BCUT2D eigenvalue weighted by Crippen LogP contribution is 2.23. The average Bonchev–Trinajstić information content (AvgIpc) is 3.18. The zero-order valence-electron chi connectivity index (χ0n) is 16.3. The van der Waals surface area contributed by atoms with E-state index >= 15 is 0 Å². The third kappa shape index (κ3) is 4.43. The molecule has 4 rings (SSSR count). The molecule has 2 aromatic heterocycles. The fourth-order valence-electron chi connectivity index (χ4n) is 3.12. The summed E-state index contributed by atoms with van der Waals surface area (Å²) in [7, 11) is 0. The van der Waals surface area contributed by atoms with Crippen molar-refractivity contribution in [1.82, 2.24) is 20.3 Å². The van der Waals surface area contributed by atoms with Gasteiger partial charge in [-0.05, 0) is 36.8 Å². The fourth-order valence-corrected chi connectivity index (χ4v) is 3.12. The van der Waals surface area contributed by atoms with E-state index in [9.17, 15) is 4.79 Å². The maximum absolute atomic E-state index is 12.3. The van der Waals surface area contributed by atoms with Crippen LogP contribution >= 0.6 is 0 Å². The van der Waals surface area contributed by atoms with Gasteiger partial charge in [-0.25, -0.2) is 9.97 Å². The Morgan fingerprint density at radius 3 is 2.76 bits per heavy atom. The normalized spacial score (nSPS) is 10.8. The van der Waals surface area contributed by atoms with Crippen molar-refractivity contribution in [2.75, 3.05) is 11.9 Å². The second-order valence-corrected chi connectivity index (χ2v) is 6.85. The van der Waals surface area contributed by atoms with E-state index in [2.05, 4.69) is 32.5 Å². The van der Waals surface area contributed by atoms with E-state index in [4.69, 9.17) is 0 Å². The lowest BCUT2D eigenvalue weighted by Crippen LogP contribution is -2.24. The summed E-state index contributed by atoms with van der Waals surface area (Å²) >= 11 is 0. The van der Waals surface area contributed by atoms with Crippen molar-refractivity contribution in [3.05, 3.63) is 72.6 Å². The van der Waals surface area contributed by atoms with Crippen molar-refractivity contribution in [3.8, 4) is 11.3 Å². The molecule has 0 aliphatic heterocycles. The Bertz CT molecular complexity index is 1120. The molecule has 6 heteroatoms. The monoisotopic (exact) mass is 385 g/mol. The summed E-state index contributed by atoms with van der Waals surface area (Å²) < 4.78 is 0. The lowest BCUT2D eigenvalue weighted by Gasteiger charge is -2.07. The number of amides is 1. The van der Waals surface area contributed by atoms with Gasteiger partial charge >= 0.3 is 0 Å². The van der Waals surface area contributed by atoms with Crippen molar-refractivity contribution in [2.45, 2.75) is 19.8 Å². The smallest absolute Gasteiger partial charge is 0.267 e. The maximum Gasteiger partial charge on any atom is 0.267 e. The Kier molecular flexibility index (Phi) is 5.52. The van der Waals surface area contributed by atoms with Crippen LogP contribution in [0.25, 0.3) is 22.2 Å². The zero-order valence-corrected chi connectivity index (χ0v) is 16.3. The van der Waals surface area contributed by atoms with Gasteiger partial charge in [0.1, 0.15) is 5.69 Å². The second-order valence-electron chi connectivity index (χ2n) is 6.85. The molecule has 2 heterocycles. The molecule has 0 aliphatic rings. The largest absolute Gasteiger partial charge is 0.351 e. The molecule has 2 aromatic carbocycles. The van der Waals surface area contributed by atoms with Gasteiger partial charge in [0.2, 0.25) is 5.95 Å². The van der Waals surface area contributed by atoms with Gasteiger partial charge in [-0.1, -0.05) is 43.7 Å². The third-order valence-corrected chi connectivity index (χ3v) is 4.66. The summed E-state index contributed by atoms with van der Waals surface area (Å²) in [6, 6.07) is 19.6. The van der Waals surface area contributed by atoms with Crippen molar-refractivity contribution in [1.29, 1.82) is 0 Å². The van der Waals surface area contributed by atoms with Gasteiger partial charge in [0.25, 0.3) is 5.91 Å². The van der Waals surface area contributed by atoms with E-state index in [1.54, 1.807) is 6.20 Å². The minimum atomic E-state index is -0.0805. The Hall–Kier alpha value is -3.67. The molecular formula is C23H23N5O. The van der Waals surface area contributed by atoms with Gasteiger partial charge in [-0.2, -0.15) is 0 Å². The molecule has 0 fully saturated rings. The van der Waals surface area contributed by atoms with Crippen LogP contribution in [0.2, 0.25) is 0 Å². The van der Waals surface area contributed by atoms with Crippen LogP contribution in [0.5, 0.6) is 0 Å². The van der Waals surface area contributed by atoms with Crippen LogP contribution < -0.4 is 10.6 Å². The highest BCUT2D eigenvalue weighted by Gasteiger charge is 2.10. The molecule has 1 amide bonds. The number of aromatic nitrogens is 3. The number of fused-ring (bicyclic) bond motifs is 1. The Labute approximate surface area is 169 Å². The van der Waals surface area contributed by atoms with Crippen LogP contribution in [0.1, 0.15) is 30.3 Å². The lowest BCUT2D eigenvalue weighted by molar-refractivity contribution is 0.0949. The summed E-state index contributed by atoms with van der Waals surface area (Å²) in [5.74, 6) is 0.446. The highest BCUT2D eigenvalue weighted by molar-refractivity contribution is 5.98. The number of rotatable bonds is 7. The fraction of sp³-hybridized carbons (Fsp3) is 0.174. The topological polar surface area (TPSA) is 82.7 Å². The Morgan fingerprint density at radius 2 is 1.93 bits per heavy atom. The molecule has 0 bridgehead atoms. The minimum Gasteiger partial charge on any atom is -0.351 e. The number of nitrogens with zero attached hydrogens (tertiary/aromatic N) is 2. The summed E-state index contributed by atoms with van der Waals surface area (Å²) in [5.41, 5.74) is 4.24. The molecule has 6 nitrogen and oxygen atoms in total. The Morgan fingerprint density at radius 1 is 1.07 bits per heavy atom. The number of H-pyrrole nitrogens is 1. The molecule has 0 atom stereocenters. The molecule has 0 spiro atoms. The molecule has 0 aliphatic carbocycles. The van der Waals surface area contributed by atoms with Crippen LogP contribution in [0.3, 0.4) is 0 Å². The van der Waals surface area contributed by atoms with Crippen LogP contribution in [-0.2, 0) is 0 Å². The Balaban J connectivity index is 1.52. The van der Waals surface area contributed by atoms with E-state index in [1.165, 1.54) is 0 Å². The number of nitrogens with one attached hydrogen (secondary N) is 3. The lowest BCUT2D eigenvalue weighted by atomic mass is 10.1. The first-order valence-electron chi connectivity index (χ1n) is 9.79. The quantitative estimate of drug-likeness (QED) is 0.395. The molecule has 146 valence electrons. The number of carbonyl (C=O) groups excluding carboxylic acids is 1. The highest BCUT2D eigenvalue weighted by atomic mass is 16.1. The van der Waals surface area contributed by atoms with E-state index in [1.807, 2.05) is 60.7 Å². The van der Waals surface area contributed by atoms with Gasteiger partial charge in [0.05, 0.1) is 5.69 Å². The molecule has 4 aromatic rings. The van der Waals surface area contributed by atoms with Gasteiger partial charge in [0, 0.05) is 34.9 Å². The van der Waals surface area contributed by atoms with Crippen LogP contribution in [0.15, 0.2) is 66.9 Å². The predicted octanol–water partition coefficient (Wildman–Crippen LogP) is 4.90. The zero-order chi connectivity index (χ0) is 20.1. The molecule has 3 N–H and O–H groups in total. The van der Waals surface area contributed by atoms with Gasteiger partial charge in [-0.15, -0.1) is 0 Å². The number of benzene rings is 2. The number of hydrogen-bond acceptors (Lipinski definition) is 4. The van der Waals surface area contributed by atoms with Gasteiger partial charge in [-0.3, -0.25) is 4.79 Å². The van der Waals surface area contributed by atoms with Crippen molar-refractivity contribution >= 4 is 28.4 Å². The molecule has 0 saturated heterocycles. The minimum absolute atomic E-state index is 0.0805. The first-order valence-corrected chi connectivity index (χ1v) is 9.79. The van der Waals surface area contributed by atoms with E-state index in [-0.39, 0.29) is 5.91 Å². The maximum atomic E-state index is 12.3. The second kappa shape index (κ2) is 8.56. The SMILES string of the molecule is CCCCNC(=O)c1cc2cc(Nc3nccc(-c4ccccc4)n3)ccc2[nH]1. The number of unbranched alkanes of at least 4 members (excludes halogenated alkanes) is 1. The number of carbonyl (C=O) groups is 1. The summed E-state index contributed by atoms with van der Waals surface area (Å²) in [4.78, 5) is 24.4. The van der Waals surface area contributed by atoms with Crippen LogP contribution in [0.4, 0.5) is 11.6 Å². The van der Waals surface area contributed by atoms with Crippen LogP contribution in [-0.4, -0.2) is 27.4 Å². The van der Waals surface area contributed by atoms with Crippen molar-refractivity contribution < 1.29 is 4.79 Å².